The van der Waals surface area contributed by atoms with Gasteiger partial charge in [-0.2, -0.15) is 0 Å². The van der Waals surface area contributed by atoms with Crippen LogP contribution in [0.4, 0.5) is 0 Å². The van der Waals surface area contributed by atoms with Gasteiger partial charge in [-0.05, 0) is 0 Å². The fraction of sp³-hybridized carbons (Fsp3) is 1.00. The van der Waals surface area contributed by atoms with Crippen molar-refractivity contribution in [2.24, 2.45) is 0 Å². The number of rotatable bonds is 1. The van der Waals surface area contributed by atoms with Crippen molar-refractivity contribution in [3.63, 3.8) is 0 Å². The first kappa shape index (κ1) is 9.91. The number of ether oxygens (including phenoxy) is 1. The molecule has 0 spiro atoms. The van der Waals surface area contributed by atoms with Gasteiger partial charge < -0.3 is 29.8 Å². The maximum Gasteiger partial charge on any atom is 0.260 e. The smallest absolute Gasteiger partial charge is 0.260 e. The molecule has 2 unspecified atom stereocenters. The van der Waals surface area contributed by atoms with E-state index in [2.05, 4.69) is 9.39 Å². The lowest BCUT2D eigenvalue weighted by atomic mass is 10.0. The molecule has 0 radical (unpaired) electrons. The van der Waals surface area contributed by atoms with Crippen molar-refractivity contribution in [2.45, 2.75) is 30.9 Å². The summed E-state index contributed by atoms with van der Waals surface area (Å²) < 4.78 is 9.19. The van der Waals surface area contributed by atoms with E-state index in [1.165, 1.54) is 8.05 Å². The molecule has 6 nitrogen and oxygen atoms in total. The molecule has 0 amide bonds. The molecule has 1 fully saturated rings. The van der Waals surface area contributed by atoms with Crippen molar-refractivity contribution >= 4 is 8.05 Å². The van der Waals surface area contributed by atoms with E-state index >= 15 is 0 Å². The zero-order valence-corrected chi connectivity index (χ0v) is 6.49. The third-order valence-electron chi connectivity index (χ3n) is 1.78. The molecule has 1 saturated heterocycles. The molecule has 7 heteroatoms. The van der Waals surface area contributed by atoms with Crippen LogP contribution in [-0.2, 0) is 9.39 Å². The van der Waals surface area contributed by atoms with Gasteiger partial charge in [0.15, 0.2) is 12.6 Å². The topological polar surface area (TPSA) is 99.4 Å². The van der Waals surface area contributed by atoms with Gasteiger partial charge in [0.05, 0.1) is 0 Å². The van der Waals surface area contributed by atoms with Crippen molar-refractivity contribution in [3.8, 4) is 0 Å². The van der Waals surface area contributed by atoms with Crippen molar-refractivity contribution in [3.05, 3.63) is 0 Å². The molecule has 70 valence electrons. The summed E-state index contributed by atoms with van der Waals surface area (Å²) in [4.78, 5) is 0. The first-order valence-electron chi connectivity index (χ1n) is 3.48. The molecular weight excluding hydrogens is 167 g/mol. The van der Waals surface area contributed by atoms with Crippen LogP contribution in [0.3, 0.4) is 0 Å². The molecule has 1 rings (SSSR count). The number of hydrogen-bond acceptors (Lipinski definition) is 6. The third-order valence-corrected chi connectivity index (χ3v) is 1.78. The van der Waals surface area contributed by atoms with Crippen LogP contribution in [-0.4, -0.2) is 59.4 Å². The summed E-state index contributed by atoms with van der Waals surface area (Å²) in [5.74, 6) is 0. The average Bonchev–Trinajstić information content (AvgIpc) is 2.08. The number of aliphatic hydroxyl groups excluding tert-OH is 4. The predicted octanol–water partition coefficient (Wildman–Crippen LogP) is -3.69. The van der Waals surface area contributed by atoms with Crippen LogP contribution in [0, 0.1) is 0 Å². The van der Waals surface area contributed by atoms with Crippen molar-refractivity contribution in [1.82, 2.24) is 0 Å². The summed E-state index contributed by atoms with van der Waals surface area (Å²) in [6.45, 7) is 0. The lowest BCUT2D eigenvalue weighted by Gasteiger charge is -2.37. The zero-order valence-electron chi connectivity index (χ0n) is 6.49. The molecule has 0 bridgehead atoms. The Bertz CT molecular complexity index is 150. The van der Waals surface area contributed by atoms with Gasteiger partial charge in [0, 0.05) is 0 Å². The molecule has 0 aromatic rings. The summed E-state index contributed by atoms with van der Waals surface area (Å²) in [6.07, 6.45) is -6.97. The highest BCUT2D eigenvalue weighted by Gasteiger charge is 2.42. The minimum atomic E-state index is -1.53. The minimum absolute atomic E-state index is 1.11. The monoisotopic (exact) mass is 178 g/mol. The summed E-state index contributed by atoms with van der Waals surface area (Å²) in [5, 5.41) is 36.2. The van der Waals surface area contributed by atoms with Crippen LogP contribution in [0.2, 0.25) is 0 Å². The van der Waals surface area contributed by atoms with E-state index in [4.69, 9.17) is 20.4 Å². The fourth-order valence-corrected chi connectivity index (χ4v) is 1.03. The largest absolute Gasteiger partial charge is 0.419 e. The summed E-state index contributed by atoms with van der Waals surface area (Å²) in [5.41, 5.74) is 0. The van der Waals surface area contributed by atoms with E-state index in [-0.39, 0.29) is 0 Å². The molecule has 1 aliphatic rings. The zero-order chi connectivity index (χ0) is 9.30. The standard InChI is InChI=1S/C5H11BO6/c6-12-5-3(9)1(7)2(8)4(10)11-5/h1-5,7-10H,6H2/t1-,2+,3+,4?,5?/m1/s1. The Balaban J connectivity index is 2.63. The van der Waals surface area contributed by atoms with E-state index in [9.17, 15) is 0 Å². The summed E-state index contributed by atoms with van der Waals surface area (Å²) >= 11 is 0. The summed E-state index contributed by atoms with van der Waals surface area (Å²) in [7, 11) is 1.25. The first-order chi connectivity index (χ1) is 5.57. The fourth-order valence-electron chi connectivity index (χ4n) is 1.03. The van der Waals surface area contributed by atoms with Gasteiger partial charge in [-0.25, -0.2) is 0 Å². The molecule has 0 aliphatic carbocycles. The highest BCUT2D eigenvalue weighted by molar-refractivity contribution is 5.98. The Labute approximate surface area is 69.8 Å². The molecule has 0 aromatic heterocycles. The molecule has 4 N–H and O–H groups in total. The molecule has 0 saturated carbocycles. The molecule has 5 atom stereocenters. The van der Waals surface area contributed by atoms with Crippen LogP contribution in [0.25, 0.3) is 0 Å². The molecule has 12 heavy (non-hydrogen) atoms. The number of aliphatic hydroxyl groups is 4. The highest BCUT2D eigenvalue weighted by atomic mass is 16.7. The summed E-state index contributed by atoms with van der Waals surface area (Å²) in [6, 6.07) is 0. The van der Waals surface area contributed by atoms with E-state index in [0.29, 0.717) is 0 Å². The lowest BCUT2D eigenvalue weighted by molar-refractivity contribution is -0.321. The maximum absolute atomic E-state index is 9.15. The first-order valence-corrected chi connectivity index (χ1v) is 3.48. The quantitative estimate of drug-likeness (QED) is 0.308. The van der Waals surface area contributed by atoms with Crippen molar-refractivity contribution < 1.29 is 29.8 Å². The second kappa shape index (κ2) is 3.69. The Morgan fingerprint density at radius 1 is 1.00 bits per heavy atom. The predicted molar refractivity (Wildman–Crippen MR) is 38.5 cm³/mol. The minimum Gasteiger partial charge on any atom is -0.419 e. The van der Waals surface area contributed by atoms with Crippen molar-refractivity contribution in [2.75, 3.05) is 0 Å². The lowest BCUT2D eigenvalue weighted by Crippen LogP contribution is -2.58. The van der Waals surface area contributed by atoms with Crippen LogP contribution >= 0.6 is 0 Å². The molecular formula is C5H11BO6. The van der Waals surface area contributed by atoms with Crippen LogP contribution in [0.1, 0.15) is 0 Å². The van der Waals surface area contributed by atoms with Gasteiger partial charge in [0.25, 0.3) is 8.05 Å². The van der Waals surface area contributed by atoms with Gasteiger partial charge in [0.2, 0.25) is 0 Å². The Morgan fingerprint density at radius 2 is 1.58 bits per heavy atom. The second-order valence-electron chi connectivity index (χ2n) is 2.60. The second-order valence-corrected chi connectivity index (χ2v) is 2.60. The Morgan fingerprint density at radius 3 is 2.08 bits per heavy atom. The van der Waals surface area contributed by atoms with Gasteiger partial charge in [-0.1, -0.05) is 0 Å². The number of hydrogen-bond donors (Lipinski definition) is 4. The van der Waals surface area contributed by atoms with E-state index in [1.54, 1.807) is 0 Å². The van der Waals surface area contributed by atoms with E-state index in [1.807, 2.05) is 0 Å². The maximum atomic E-state index is 9.15. The molecule has 0 aromatic carbocycles. The normalized spacial score (nSPS) is 49.2. The highest BCUT2D eigenvalue weighted by Crippen LogP contribution is 2.19. The molecule has 1 aliphatic heterocycles. The van der Waals surface area contributed by atoms with Crippen LogP contribution in [0.15, 0.2) is 0 Å². The van der Waals surface area contributed by atoms with Crippen LogP contribution in [0.5, 0.6) is 0 Å². The van der Waals surface area contributed by atoms with Crippen molar-refractivity contribution in [1.29, 1.82) is 0 Å². The van der Waals surface area contributed by atoms with E-state index < -0.39 is 30.9 Å². The Hall–Kier alpha value is -0.175. The van der Waals surface area contributed by atoms with Crippen LogP contribution < -0.4 is 0 Å². The Kier molecular flexibility index (Phi) is 3.05. The molecule has 1 heterocycles. The van der Waals surface area contributed by atoms with Gasteiger partial charge in [-0.15, -0.1) is 0 Å². The third kappa shape index (κ3) is 1.61. The van der Waals surface area contributed by atoms with E-state index in [0.717, 1.165) is 0 Å². The van der Waals surface area contributed by atoms with Gasteiger partial charge in [-0.3, -0.25) is 0 Å². The SMILES string of the molecule is BOC1OC(O)[C@@H](O)[C@@H](O)[C@@H]1O. The average molecular weight is 178 g/mol. The van der Waals surface area contributed by atoms with Gasteiger partial charge in [0.1, 0.15) is 18.3 Å². The van der Waals surface area contributed by atoms with Gasteiger partial charge >= 0.3 is 0 Å².